The summed E-state index contributed by atoms with van der Waals surface area (Å²) in [7, 11) is 0. The summed E-state index contributed by atoms with van der Waals surface area (Å²) >= 11 is -3.90. The Morgan fingerprint density at radius 3 is 0.407 bits per heavy atom. The summed E-state index contributed by atoms with van der Waals surface area (Å²) in [6.07, 6.45) is -35.6. The monoisotopic (exact) mass is 1620 g/mol. The van der Waals surface area contributed by atoms with Gasteiger partial charge in [0, 0.05) is 56.9 Å². The van der Waals surface area contributed by atoms with Crippen molar-refractivity contribution in [2.75, 3.05) is 17.3 Å². The van der Waals surface area contributed by atoms with E-state index in [-0.39, 0.29) is 20.4 Å². The van der Waals surface area contributed by atoms with Crippen molar-refractivity contribution in [3.63, 3.8) is 0 Å². The van der Waals surface area contributed by atoms with Gasteiger partial charge >= 0.3 is 143 Å². The number of rotatable bonds is 30. The Balaban J connectivity index is 0.0000810. The number of nitrogens with zero attached hydrogens (tertiary/aromatic N) is 3. The molecular formula is C33H12F51N3PdS3. The van der Waals surface area contributed by atoms with Gasteiger partial charge in [-0.25, -0.2) is 0 Å². The van der Waals surface area contributed by atoms with Crippen LogP contribution in [0.3, 0.4) is 0 Å². The summed E-state index contributed by atoms with van der Waals surface area (Å²) in [5, 5.41) is -6.47. The van der Waals surface area contributed by atoms with Gasteiger partial charge < -0.3 is 0 Å². The van der Waals surface area contributed by atoms with Gasteiger partial charge in [-0.3, -0.25) is 0 Å². The Labute approximate surface area is 489 Å². The Kier molecular flexibility index (Phi) is 23.8. The van der Waals surface area contributed by atoms with Crippen LogP contribution in [0, 0.1) is 0 Å². The van der Waals surface area contributed by atoms with E-state index in [0.717, 1.165) is 0 Å². The average molecular weight is 1620 g/mol. The topological polar surface area (TPSA) is 38.7 Å². The van der Waals surface area contributed by atoms with E-state index in [1.807, 2.05) is 0 Å². The van der Waals surface area contributed by atoms with E-state index in [1.54, 1.807) is 0 Å². The third kappa shape index (κ3) is 13.2. The Bertz CT molecular complexity index is 2360. The fourth-order valence-electron chi connectivity index (χ4n) is 5.39. The first-order valence-corrected chi connectivity index (χ1v) is 23.2. The van der Waals surface area contributed by atoms with Gasteiger partial charge in [-0.1, -0.05) is 35.3 Å². The maximum atomic E-state index is 14.5. The third-order valence-electron chi connectivity index (χ3n) is 10.9. The zero-order valence-corrected chi connectivity index (χ0v) is 43.9. The normalized spacial score (nSPS) is 16.4. The third-order valence-corrected chi connectivity index (χ3v) is 13.4. The largest absolute Gasteiger partial charge is 0.460 e. The molecule has 1 aromatic heterocycles. The second-order valence-corrected chi connectivity index (χ2v) is 20.1. The minimum absolute atomic E-state index is 0. The molecule has 0 aromatic carbocycles. The van der Waals surface area contributed by atoms with Crippen LogP contribution in [0.1, 0.15) is 19.3 Å². The molecule has 1 aromatic rings. The van der Waals surface area contributed by atoms with Gasteiger partial charge in [0.15, 0.2) is 15.5 Å². The van der Waals surface area contributed by atoms with E-state index in [2.05, 4.69) is 15.0 Å². The first-order valence-electron chi connectivity index (χ1n) is 20.3. The van der Waals surface area contributed by atoms with Gasteiger partial charge in [0.1, 0.15) is 0 Å². The first-order chi connectivity index (χ1) is 38.5. The molecule has 0 fully saturated rings. The zero-order chi connectivity index (χ0) is 73.2. The van der Waals surface area contributed by atoms with Gasteiger partial charge in [0.2, 0.25) is 0 Å². The van der Waals surface area contributed by atoms with E-state index < -0.39 is 230 Å². The van der Waals surface area contributed by atoms with Crippen molar-refractivity contribution in [1.29, 1.82) is 0 Å². The fourth-order valence-corrected chi connectivity index (χ4v) is 8.09. The van der Waals surface area contributed by atoms with Crippen molar-refractivity contribution in [1.82, 2.24) is 15.0 Å². The van der Waals surface area contributed by atoms with Crippen LogP contribution < -0.4 is 0 Å². The Morgan fingerprint density at radius 1 is 0.176 bits per heavy atom. The molecule has 1 rings (SSSR count). The predicted molar refractivity (Wildman–Crippen MR) is 188 cm³/mol. The molecule has 544 valence electrons. The molecule has 0 bridgehead atoms. The number of hydrogen-bond donors (Lipinski definition) is 0. The van der Waals surface area contributed by atoms with Crippen LogP contribution in [0.5, 0.6) is 0 Å². The minimum Gasteiger partial charge on any atom is -0.200 e. The molecule has 0 saturated heterocycles. The molecule has 3 nitrogen and oxygen atoms in total. The molecule has 58 heteroatoms. The van der Waals surface area contributed by atoms with Crippen LogP contribution in [-0.4, -0.2) is 175 Å². The molecule has 0 radical (unpaired) electrons. The SMILES string of the molecule is FC(F)(F)C(F)(F)C(F)(F)C(F)(F)C(F)(F)C(F)(F)C(F)(F)C(F)(F)CCSc1nc(SCCC(F)(F)C(F)(F)C(F)(F)C(F)(F)C(F)(F)C(F)(F)C(F)(F)C(F)(F)F)nc(SCCC(F)(F)C(F)(F)C(F)(F)C(F)(F)C(F)(F)C(F)(F)C(F)(F)C(F)(F)F)n1.[Pd]. The van der Waals surface area contributed by atoms with Crippen LogP contribution in [0.2, 0.25) is 0 Å². The van der Waals surface area contributed by atoms with E-state index in [9.17, 15) is 224 Å². The smallest absolute Gasteiger partial charge is 0.200 e. The first kappa shape index (κ1) is 88.2. The molecule has 0 N–H and O–H groups in total. The van der Waals surface area contributed by atoms with Crippen molar-refractivity contribution in [3.05, 3.63) is 0 Å². The van der Waals surface area contributed by atoms with Crippen LogP contribution >= 0.6 is 35.3 Å². The fraction of sp³-hybridized carbons (Fsp3) is 0.909. The second kappa shape index (κ2) is 24.6. The van der Waals surface area contributed by atoms with Gasteiger partial charge in [-0.15, -0.1) is 0 Å². The van der Waals surface area contributed by atoms with Crippen molar-refractivity contribution in [2.24, 2.45) is 0 Å². The van der Waals surface area contributed by atoms with Crippen LogP contribution in [0.15, 0.2) is 15.5 Å². The summed E-state index contributed by atoms with van der Waals surface area (Å²) < 4.78 is 697. The molecule has 91 heavy (non-hydrogen) atoms. The Hall–Kier alpha value is -2.85. The predicted octanol–water partition coefficient (Wildman–Crippen LogP) is 19.3. The minimum atomic E-state index is -9.26. The molecule has 0 aliphatic rings. The average Bonchev–Trinajstić information content (AvgIpc) is 0.721. The molecule has 1 heterocycles. The van der Waals surface area contributed by atoms with Crippen molar-refractivity contribution >= 4 is 35.3 Å². The van der Waals surface area contributed by atoms with Crippen molar-refractivity contribution in [2.45, 2.75) is 178 Å². The summed E-state index contributed by atoms with van der Waals surface area (Å²) in [6, 6.07) is 0. The maximum Gasteiger partial charge on any atom is 0.460 e. The van der Waals surface area contributed by atoms with Gasteiger partial charge in [-0.2, -0.15) is 239 Å². The van der Waals surface area contributed by atoms with E-state index in [4.69, 9.17) is 0 Å². The summed E-state index contributed by atoms with van der Waals surface area (Å²) in [4.78, 5) is 7.80. The number of halogens is 51. The second-order valence-electron chi connectivity index (χ2n) is 16.9. The molecule has 0 unspecified atom stereocenters. The van der Waals surface area contributed by atoms with E-state index >= 15 is 0 Å². The van der Waals surface area contributed by atoms with Crippen molar-refractivity contribution in [3.8, 4) is 0 Å². The van der Waals surface area contributed by atoms with Gasteiger partial charge in [0.05, 0.1) is 0 Å². The molecule has 0 aliphatic heterocycles. The molecular weight excluding hydrogens is 1610 g/mol. The number of thioether (sulfide) groups is 3. The van der Waals surface area contributed by atoms with Gasteiger partial charge in [-0.05, 0) is 0 Å². The zero-order valence-electron chi connectivity index (χ0n) is 39.9. The van der Waals surface area contributed by atoms with E-state index in [0.29, 0.717) is 0 Å². The van der Waals surface area contributed by atoms with Crippen LogP contribution in [-0.2, 0) is 20.4 Å². The van der Waals surface area contributed by atoms with Crippen LogP contribution in [0.25, 0.3) is 0 Å². The molecule has 0 saturated carbocycles. The molecule has 0 spiro atoms. The molecule has 0 atom stereocenters. The van der Waals surface area contributed by atoms with Crippen LogP contribution in [0.4, 0.5) is 224 Å². The quantitative estimate of drug-likeness (QED) is 0.0434. The number of alkyl halides is 51. The Morgan fingerprint density at radius 2 is 0.286 bits per heavy atom. The van der Waals surface area contributed by atoms with Crippen molar-refractivity contribution < 1.29 is 244 Å². The molecule has 0 amide bonds. The van der Waals surface area contributed by atoms with E-state index in [1.165, 1.54) is 0 Å². The summed E-state index contributed by atoms with van der Waals surface area (Å²) in [6.45, 7) is 0. The number of aromatic nitrogens is 3. The molecule has 0 aliphatic carbocycles. The van der Waals surface area contributed by atoms with Gasteiger partial charge in [0.25, 0.3) is 0 Å². The summed E-state index contributed by atoms with van der Waals surface area (Å²) in [5.74, 6) is -192. The standard InChI is InChI=1S/C33H12F51N3S3.Pd/c34-10(35,13(40,41)16(46,47)19(52,53)22(58,59)25(64,65)28(70,71)31(76,77)78)1-4-88-7-85-8(89-5-2-11(36,37)14(42,43)17(48,49)20(54,55)23(60,61)26(66,67)29(72,73)32(79,80)81)87-9(86-7)90-6-3-12(38,39)15(44,45)18(50,51)21(56,57)24(62,63)27(68,69)30(74,75)33(82,83)84;/h1-6H2;. The maximum absolute atomic E-state index is 14.5. The number of hydrogen-bond acceptors (Lipinski definition) is 6. The summed E-state index contributed by atoms with van der Waals surface area (Å²) in [5.41, 5.74) is 0.